The van der Waals surface area contributed by atoms with Crippen LogP contribution in [0.3, 0.4) is 0 Å². The maximum Gasteiger partial charge on any atom is 0.339 e. The number of rotatable bonds is 6. The van der Waals surface area contributed by atoms with Crippen molar-refractivity contribution in [3.8, 4) is 17.3 Å². The second kappa shape index (κ2) is 9.44. The van der Waals surface area contributed by atoms with Crippen LogP contribution in [0.15, 0.2) is 69.3 Å². The molecule has 0 bridgehead atoms. The van der Waals surface area contributed by atoms with Gasteiger partial charge in [-0.2, -0.15) is 5.10 Å². The molecule has 2 amide bonds. The fraction of sp³-hybridized carbons (Fsp3) is 0.143. The van der Waals surface area contributed by atoms with Crippen LogP contribution in [0.1, 0.15) is 18.9 Å². The summed E-state index contributed by atoms with van der Waals surface area (Å²) < 4.78 is 6.02. The Hall–Kier alpha value is -4.34. The number of methoxy groups -OCH3 is 1. The lowest BCUT2D eigenvalue weighted by Crippen LogP contribution is -2.34. The highest BCUT2D eigenvalue weighted by atomic mass is 16.5. The number of aromatic nitrogens is 2. The highest BCUT2D eigenvalue weighted by Gasteiger charge is 2.20. The molecule has 0 unspecified atom stereocenters. The summed E-state index contributed by atoms with van der Waals surface area (Å²) in [7, 11) is 1.50. The van der Waals surface area contributed by atoms with Crippen molar-refractivity contribution in [3.63, 3.8) is 0 Å². The van der Waals surface area contributed by atoms with Crippen LogP contribution in [-0.4, -0.2) is 33.5 Å². The Morgan fingerprint density at radius 3 is 2.42 bits per heavy atom. The third-order valence-electron chi connectivity index (χ3n) is 4.36. The van der Waals surface area contributed by atoms with Gasteiger partial charge in [0, 0.05) is 5.69 Å². The molecule has 0 saturated heterocycles. The maximum absolute atomic E-state index is 12.4. The monoisotopic (exact) mass is 423 g/mol. The Labute approximate surface area is 176 Å². The van der Waals surface area contributed by atoms with Gasteiger partial charge in [-0.25, -0.2) is 19.6 Å². The number of aromatic amines is 1. The lowest BCUT2D eigenvalue weighted by Gasteiger charge is -2.13. The number of carbonyl (C=O) groups excluding carboxylic acids is 1. The summed E-state index contributed by atoms with van der Waals surface area (Å²) in [5.74, 6) is -0.0323. The normalized spacial score (nSPS) is 11.1. The molecule has 31 heavy (non-hydrogen) atoms. The number of H-pyrrole nitrogens is 1. The van der Waals surface area contributed by atoms with Gasteiger partial charge in [0.1, 0.15) is 11.3 Å². The number of anilines is 1. The zero-order valence-electron chi connectivity index (χ0n) is 16.9. The van der Waals surface area contributed by atoms with Crippen molar-refractivity contribution >= 4 is 17.4 Å². The summed E-state index contributed by atoms with van der Waals surface area (Å²) in [6.45, 7) is 1.69. The first-order valence-corrected chi connectivity index (χ1v) is 9.36. The Balaban J connectivity index is 1.95. The summed E-state index contributed by atoms with van der Waals surface area (Å²) in [4.78, 5) is 39.0. The number of amides is 2. The molecule has 0 saturated carbocycles. The topological polar surface area (TPSA) is 138 Å². The molecule has 10 nitrogen and oxygen atoms in total. The van der Waals surface area contributed by atoms with Crippen molar-refractivity contribution in [2.75, 3.05) is 12.4 Å². The number of hydrogen-bond donors (Lipinski definition) is 4. The molecule has 2 aromatic carbocycles. The third kappa shape index (κ3) is 4.81. The Morgan fingerprint density at radius 2 is 1.81 bits per heavy atom. The van der Waals surface area contributed by atoms with Crippen LogP contribution in [0.25, 0.3) is 5.69 Å². The van der Waals surface area contributed by atoms with Crippen LogP contribution < -0.4 is 26.7 Å². The molecule has 160 valence electrons. The number of nitrogens with one attached hydrogen (secondary N) is 3. The number of urea groups is 1. The van der Waals surface area contributed by atoms with E-state index in [0.29, 0.717) is 17.1 Å². The van der Waals surface area contributed by atoms with Gasteiger partial charge in [-0.1, -0.05) is 25.1 Å². The van der Waals surface area contributed by atoms with Crippen molar-refractivity contribution in [1.29, 1.82) is 0 Å². The van der Waals surface area contributed by atoms with E-state index in [9.17, 15) is 19.5 Å². The Bertz CT molecular complexity index is 1210. The molecule has 3 rings (SSSR count). The van der Waals surface area contributed by atoms with E-state index in [1.54, 1.807) is 55.5 Å². The molecule has 0 aliphatic heterocycles. The maximum atomic E-state index is 12.4. The molecule has 3 aromatic rings. The van der Waals surface area contributed by atoms with Gasteiger partial charge in [0.15, 0.2) is 0 Å². The number of aromatic hydroxyl groups is 1. The van der Waals surface area contributed by atoms with Gasteiger partial charge >= 0.3 is 11.7 Å². The molecule has 4 N–H and O–H groups in total. The SMILES string of the molecule is CC/C(=N\NC(=O)Nc1ccccc1)c1c(O)n(-c2ccc(OC)cc2)c(=O)[nH]c1=O. The minimum Gasteiger partial charge on any atom is -0.497 e. The van der Waals surface area contributed by atoms with Gasteiger partial charge in [0.2, 0.25) is 5.88 Å². The second-order valence-electron chi connectivity index (χ2n) is 6.34. The minimum absolute atomic E-state index is 0.0872. The number of ether oxygens (including phenoxy) is 1. The highest BCUT2D eigenvalue weighted by Crippen LogP contribution is 2.20. The van der Waals surface area contributed by atoms with E-state index in [-0.39, 0.29) is 17.7 Å². The van der Waals surface area contributed by atoms with Crippen LogP contribution in [0, 0.1) is 0 Å². The highest BCUT2D eigenvalue weighted by molar-refractivity contribution is 6.02. The molecule has 0 aliphatic rings. The van der Waals surface area contributed by atoms with Gasteiger partial charge in [-0.3, -0.25) is 9.78 Å². The van der Waals surface area contributed by atoms with Crippen molar-refractivity contribution in [1.82, 2.24) is 15.0 Å². The molecule has 0 radical (unpaired) electrons. The van der Waals surface area contributed by atoms with Gasteiger partial charge in [0.05, 0.1) is 18.5 Å². The van der Waals surface area contributed by atoms with Crippen LogP contribution in [0.5, 0.6) is 11.6 Å². The first kappa shape index (κ1) is 21.4. The molecule has 0 aliphatic carbocycles. The summed E-state index contributed by atoms with van der Waals surface area (Å²) in [6.07, 6.45) is 0.197. The van der Waals surface area contributed by atoms with E-state index in [0.717, 1.165) is 4.57 Å². The summed E-state index contributed by atoms with van der Waals surface area (Å²) >= 11 is 0. The van der Waals surface area contributed by atoms with E-state index in [1.807, 2.05) is 6.07 Å². The third-order valence-corrected chi connectivity index (χ3v) is 4.36. The lowest BCUT2D eigenvalue weighted by atomic mass is 10.1. The van der Waals surface area contributed by atoms with Crippen molar-refractivity contribution in [3.05, 3.63) is 81.0 Å². The van der Waals surface area contributed by atoms with Gasteiger partial charge in [0.25, 0.3) is 5.56 Å². The van der Waals surface area contributed by atoms with Gasteiger partial charge in [-0.15, -0.1) is 0 Å². The predicted molar refractivity (Wildman–Crippen MR) is 116 cm³/mol. The summed E-state index contributed by atoms with van der Waals surface area (Å²) in [5.41, 5.74) is 1.39. The first-order valence-electron chi connectivity index (χ1n) is 9.36. The Morgan fingerprint density at radius 1 is 1.13 bits per heavy atom. The first-order chi connectivity index (χ1) is 14.9. The molecular weight excluding hydrogens is 402 g/mol. The second-order valence-corrected chi connectivity index (χ2v) is 6.34. The predicted octanol–water partition coefficient (Wildman–Crippen LogP) is 2.18. The fourth-order valence-electron chi connectivity index (χ4n) is 2.87. The average molecular weight is 423 g/mol. The molecule has 0 spiro atoms. The lowest BCUT2D eigenvalue weighted by molar-refractivity contribution is 0.252. The van der Waals surface area contributed by atoms with Crippen molar-refractivity contribution in [2.24, 2.45) is 5.10 Å². The quantitative estimate of drug-likeness (QED) is 0.356. The summed E-state index contributed by atoms with van der Waals surface area (Å²) in [5, 5.41) is 17.3. The largest absolute Gasteiger partial charge is 0.497 e. The Kier molecular flexibility index (Phi) is 6.51. The van der Waals surface area contributed by atoms with E-state index in [4.69, 9.17) is 4.74 Å². The van der Waals surface area contributed by atoms with Crippen molar-refractivity contribution in [2.45, 2.75) is 13.3 Å². The van der Waals surface area contributed by atoms with Crippen LogP contribution in [0.2, 0.25) is 0 Å². The number of nitrogens with zero attached hydrogens (tertiary/aromatic N) is 2. The molecule has 10 heteroatoms. The number of hydrogen-bond acceptors (Lipinski definition) is 6. The molecular formula is C21H21N5O5. The molecule has 1 aromatic heterocycles. The smallest absolute Gasteiger partial charge is 0.339 e. The minimum atomic E-state index is -0.821. The van der Waals surface area contributed by atoms with Gasteiger partial charge in [-0.05, 0) is 42.8 Å². The zero-order valence-corrected chi connectivity index (χ0v) is 16.9. The molecule has 0 atom stereocenters. The van der Waals surface area contributed by atoms with Crippen molar-refractivity contribution < 1.29 is 14.6 Å². The number of hydrazone groups is 1. The summed E-state index contributed by atoms with van der Waals surface area (Å²) in [6, 6.07) is 14.4. The van der Waals surface area contributed by atoms with E-state index < -0.39 is 23.2 Å². The fourth-order valence-corrected chi connectivity index (χ4v) is 2.87. The number of para-hydroxylation sites is 1. The molecule has 1 heterocycles. The average Bonchev–Trinajstić information content (AvgIpc) is 2.76. The number of carbonyl (C=O) groups is 1. The number of benzene rings is 2. The standard InChI is InChI=1S/C21H21N5O5/c1-3-16(24-25-20(29)22-13-7-5-4-6-8-13)17-18(27)23-21(30)26(19(17)28)14-9-11-15(31-2)12-10-14/h4-12,28H,3H2,1-2H3,(H2,22,25,29)(H,23,27,30)/b24-16+. The van der Waals surface area contributed by atoms with Crippen LogP contribution in [0.4, 0.5) is 10.5 Å². The zero-order chi connectivity index (χ0) is 22.4. The van der Waals surface area contributed by atoms with E-state index >= 15 is 0 Å². The van der Waals surface area contributed by atoms with E-state index in [1.165, 1.54) is 7.11 Å². The van der Waals surface area contributed by atoms with Crippen LogP contribution in [-0.2, 0) is 0 Å². The van der Waals surface area contributed by atoms with E-state index in [2.05, 4.69) is 20.8 Å². The van der Waals surface area contributed by atoms with Gasteiger partial charge < -0.3 is 15.2 Å². The molecule has 0 fully saturated rings. The van der Waals surface area contributed by atoms with Crippen LogP contribution >= 0.6 is 0 Å².